The van der Waals surface area contributed by atoms with Crippen LogP contribution in [0.1, 0.15) is 5.56 Å². The van der Waals surface area contributed by atoms with E-state index in [4.69, 9.17) is 0 Å². The molecule has 9 nitrogen and oxygen atoms in total. The van der Waals surface area contributed by atoms with Gasteiger partial charge in [0.1, 0.15) is 0 Å². The van der Waals surface area contributed by atoms with Gasteiger partial charge in [-0.15, -0.1) is 16.8 Å². The second-order valence-corrected chi connectivity index (χ2v) is 8.79. The highest BCUT2D eigenvalue weighted by Gasteiger charge is 2.17. The summed E-state index contributed by atoms with van der Waals surface area (Å²) >= 11 is 1.29. The standard InChI is InChI=1S/C25H23N7O2S/c1-2-15-30-23(34)20-6-3-4-7-21(20)32-24(30)28-29-25(32)35-17-22(33)26-14-12-18-8-10-19(11-9-18)31-16-5-13-27-31/h2-11,13,16H,1,12,14-15,17H2,(H,26,33). The van der Waals surface area contributed by atoms with Crippen molar-refractivity contribution >= 4 is 34.3 Å². The minimum Gasteiger partial charge on any atom is -0.355 e. The second-order valence-electron chi connectivity index (χ2n) is 7.85. The Labute approximate surface area is 205 Å². The van der Waals surface area contributed by atoms with E-state index in [0.717, 1.165) is 17.7 Å². The van der Waals surface area contributed by atoms with Gasteiger partial charge in [0.2, 0.25) is 11.7 Å². The zero-order valence-electron chi connectivity index (χ0n) is 18.9. The van der Waals surface area contributed by atoms with E-state index >= 15 is 0 Å². The van der Waals surface area contributed by atoms with Crippen LogP contribution in [0.2, 0.25) is 0 Å². The monoisotopic (exact) mass is 485 g/mol. The molecule has 35 heavy (non-hydrogen) atoms. The molecule has 0 atom stereocenters. The molecule has 1 amide bonds. The van der Waals surface area contributed by atoms with Crippen molar-refractivity contribution in [2.24, 2.45) is 0 Å². The highest BCUT2D eigenvalue weighted by Crippen LogP contribution is 2.21. The van der Waals surface area contributed by atoms with Gasteiger partial charge in [0.25, 0.3) is 5.56 Å². The largest absolute Gasteiger partial charge is 0.355 e. The Kier molecular flexibility index (Phi) is 6.44. The van der Waals surface area contributed by atoms with Crippen LogP contribution in [0.25, 0.3) is 22.4 Å². The van der Waals surface area contributed by atoms with E-state index < -0.39 is 0 Å². The molecule has 176 valence electrons. The lowest BCUT2D eigenvalue weighted by Crippen LogP contribution is -2.27. The van der Waals surface area contributed by atoms with Gasteiger partial charge in [0.05, 0.1) is 22.3 Å². The van der Waals surface area contributed by atoms with Crippen molar-refractivity contribution in [2.45, 2.75) is 18.1 Å². The van der Waals surface area contributed by atoms with Gasteiger partial charge in [-0.3, -0.25) is 18.6 Å². The van der Waals surface area contributed by atoms with Gasteiger partial charge in [-0.2, -0.15) is 5.10 Å². The van der Waals surface area contributed by atoms with Crippen LogP contribution in [0.4, 0.5) is 0 Å². The van der Waals surface area contributed by atoms with Gasteiger partial charge in [0.15, 0.2) is 5.16 Å². The topological polar surface area (TPSA) is 99.1 Å². The first-order valence-electron chi connectivity index (χ1n) is 11.1. The fraction of sp³-hybridized carbons (Fsp3) is 0.160. The number of nitrogens with zero attached hydrogens (tertiary/aromatic N) is 6. The van der Waals surface area contributed by atoms with Crippen LogP contribution in [0.3, 0.4) is 0 Å². The van der Waals surface area contributed by atoms with Crippen LogP contribution in [0.5, 0.6) is 0 Å². The number of nitrogens with one attached hydrogen (secondary N) is 1. The van der Waals surface area contributed by atoms with E-state index in [1.54, 1.807) is 23.0 Å². The normalized spacial score (nSPS) is 11.2. The highest BCUT2D eigenvalue weighted by molar-refractivity contribution is 7.99. The van der Waals surface area contributed by atoms with Crippen molar-refractivity contribution in [1.29, 1.82) is 0 Å². The number of carbonyl (C=O) groups is 1. The molecule has 0 aliphatic heterocycles. The number of para-hydroxylation sites is 1. The zero-order valence-corrected chi connectivity index (χ0v) is 19.7. The number of allylic oxidation sites excluding steroid dienone is 1. The molecule has 5 rings (SSSR count). The third kappa shape index (κ3) is 4.60. The Morgan fingerprint density at radius 1 is 1.09 bits per heavy atom. The molecule has 2 aromatic carbocycles. The molecule has 0 spiro atoms. The number of fused-ring (bicyclic) bond motifs is 3. The second kappa shape index (κ2) is 9.98. The smallest absolute Gasteiger partial charge is 0.263 e. The predicted molar refractivity (Wildman–Crippen MR) is 136 cm³/mol. The number of thioether (sulfide) groups is 1. The van der Waals surface area contributed by atoms with Gasteiger partial charge in [-0.05, 0) is 42.3 Å². The molecular formula is C25H23N7O2S. The molecule has 5 aromatic rings. The summed E-state index contributed by atoms with van der Waals surface area (Å²) in [7, 11) is 0. The van der Waals surface area contributed by atoms with Crippen LogP contribution in [-0.4, -0.2) is 47.2 Å². The molecule has 0 aliphatic rings. The van der Waals surface area contributed by atoms with Crippen molar-refractivity contribution in [3.63, 3.8) is 0 Å². The summed E-state index contributed by atoms with van der Waals surface area (Å²) in [5.74, 6) is 0.521. The lowest BCUT2D eigenvalue weighted by molar-refractivity contribution is -0.118. The molecule has 1 N–H and O–H groups in total. The quantitative estimate of drug-likeness (QED) is 0.255. The number of hydrogen-bond acceptors (Lipinski definition) is 6. The number of carbonyl (C=O) groups excluding carboxylic acids is 1. The third-order valence-electron chi connectivity index (χ3n) is 5.56. The predicted octanol–water partition coefficient (Wildman–Crippen LogP) is 2.87. The van der Waals surface area contributed by atoms with Crippen LogP contribution >= 0.6 is 11.8 Å². The Bertz CT molecular complexity index is 1550. The van der Waals surface area contributed by atoms with Crippen molar-refractivity contribution in [3.05, 3.63) is 95.6 Å². The Balaban J connectivity index is 1.24. The number of hydrogen-bond donors (Lipinski definition) is 1. The highest BCUT2D eigenvalue weighted by atomic mass is 32.2. The number of benzene rings is 2. The minimum atomic E-state index is -0.146. The maximum atomic E-state index is 12.9. The Morgan fingerprint density at radius 3 is 2.69 bits per heavy atom. The van der Waals surface area contributed by atoms with Gasteiger partial charge in [0, 0.05) is 25.5 Å². The lowest BCUT2D eigenvalue weighted by Gasteiger charge is -2.10. The summed E-state index contributed by atoms with van der Waals surface area (Å²) in [4.78, 5) is 25.4. The SMILES string of the molecule is C=CCn1c(=O)c2ccccc2n2c(SCC(=O)NCCc3ccc(-n4cccn4)cc3)nnc12. The molecular weight excluding hydrogens is 462 g/mol. The summed E-state index contributed by atoms with van der Waals surface area (Å²) in [5.41, 5.74) is 2.68. The third-order valence-corrected chi connectivity index (χ3v) is 6.49. The maximum Gasteiger partial charge on any atom is 0.263 e. The molecule has 0 saturated carbocycles. The Hall–Kier alpha value is -4.18. The minimum absolute atomic E-state index is 0.0939. The molecule has 0 fully saturated rings. The summed E-state index contributed by atoms with van der Waals surface area (Å²) in [6.45, 7) is 4.59. The molecule has 10 heteroatoms. The van der Waals surface area contributed by atoms with Gasteiger partial charge < -0.3 is 5.32 Å². The first kappa shape index (κ1) is 22.6. The average molecular weight is 486 g/mol. The summed E-state index contributed by atoms with van der Waals surface area (Å²) < 4.78 is 5.15. The zero-order chi connectivity index (χ0) is 24.2. The van der Waals surface area contributed by atoms with Crippen LogP contribution in [0, 0.1) is 0 Å². The van der Waals surface area contributed by atoms with Gasteiger partial charge >= 0.3 is 0 Å². The molecule has 0 bridgehead atoms. The van der Waals surface area contributed by atoms with E-state index in [1.807, 2.05) is 59.1 Å². The van der Waals surface area contributed by atoms with Gasteiger partial charge in [-0.25, -0.2) is 4.68 Å². The first-order chi connectivity index (χ1) is 17.2. The van der Waals surface area contributed by atoms with Crippen LogP contribution < -0.4 is 10.9 Å². The number of rotatable bonds is 9. The lowest BCUT2D eigenvalue weighted by atomic mass is 10.1. The van der Waals surface area contributed by atoms with Crippen LogP contribution in [0.15, 0.2) is 89.6 Å². The van der Waals surface area contributed by atoms with Gasteiger partial charge in [-0.1, -0.05) is 42.1 Å². The molecule has 0 radical (unpaired) electrons. The van der Waals surface area contributed by atoms with Crippen molar-refractivity contribution in [1.82, 2.24) is 34.3 Å². The van der Waals surface area contributed by atoms with Crippen molar-refractivity contribution in [2.75, 3.05) is 12.3 Å². The summed E-state index contributed by atoms with van der Waals surface area (Å²) in [6.07, 6.45) is 6.01. The Morgan fingerprint density at radius 2 is 1.91 bits per heavy atom. The molecule has 0 saturated heterocycles. The molecule has 0 unspecified atom stereocenters. The van der Waals surface area contributed by atoms with E-state index in [0.29, 0.717) is 34.9 Å². The van der Waals surface area contributed by atoms with E-state index in [2.05, 4.69) is 27.2 Å². The van der Waals surface area contributed by atoms with E-state index in [9.17, 15) is 9.59 Å². The van der Waals surface area contributed by atoms with Crippen molar-refractivity contribution < 1.29 is 4.79 Å². The summed E-state index contributed by atoms with van der Waals surface area (Å²) in [5, 5.41) is 16.8. The summed E-state index contributed by atoms with van der Waals surface area (Å²) in [6, 6.07) is 17.3. The molecule has 0 aliphatic carbocycles. The number of amides is 1. The van der Waals surface area contributed by atoms with Crippen LogP contribution in [-0.2, 0) is 17.8 Å². The molecule has 3 heterocycles. The maximum absolute atomic E-state index is 12.9. The first-order valence-corrected chi connectivity index (χ1v) is 12.1. The number of aromatic nitrogens is 6. The fourth-order valence-corrected chi connectivity index (χ4v) is 4.65. The van der Waals surface area contributed by atoms with E-state index in [-0.39, 0.29) is 17.2 Å². The fourth-order valence-electron chi connectivity index (χ4n) is 3.89. The van der Waals surface area contributed by atoms with E-state index in [1.165, 1.54) is 16.3 Å². The van der Waals surface area contributed by atoms with Crippen molar-refractivity contribution in [3.8, 4) is 5.69 Å². The molecule has 3 aromatic heterocycles. The average Bonchev–Trinajstić information content (AvgIpc) is 3.56.